The number of nitrogens with one attached hydrogen (secondary N) is 1. The standard InChI is InChI=1S/C18H21N3O2S/c1-24-18-20-15-9-5-8-14(15)17(23)21(18)12-16(22)19-11-10-13-6-3-2-4-7-13/h2-4,6-7H,5,8-12H2,1H3,(H,19,22). The zero-order valence-corrected chi connectivity index (χ0v) is 14.6. The first-order valence-corrected chi connectivity index (χ1v) is 9.38. The molecule has 1 aromatic carbocycles. The normalized spacial score (nSPS) is 12.9. The van der Waals surface area contributed by atoms with Crippen molar-refractivity contribution in [3.8, 4) is 0 Å². The molecule has 0 aliphatic heterocycles. The van der Waals surface area contributed by atoms with Crippen LogP contribution in [0, 0.1) is 0 Å². The summed E-state index contributed by atoms with van der Waals surface area (Å²) in [6, 6.07) is 10.0. The van der Waals surface area contributed by atoms with Gasteiger partial charge < -0.3 is 5.32 Å². The van der Waals surface area contributed by atoms with Crippen LogP contribution in [0.5, 0.6) is 0 Å². The van der Waals surface area contributed by atoms with Gasteiger partial charge in [-0.2, -0.15) is 0 Å². The van der Waals surface area contributed by atoms with Gasteiger partial charge in [-0.1, -0.05) is 42.1 Å². The highest BCUT2D eigenvalue weighted by Gasteiger charge is 2.21. The molecule has 0 radical (unpaired) electrons. The molecule has 0 saturated carbocycles. The van der Waals surface area contributed by atoms with Gasteiger partial charge in [0.15, 0.2) is 5.16 Å². The maximum absolute atomic E-state index is 12.6. The van der Waals surface area contributed by atoms with Crippen LogP contribution in [-0.4, -0.2) is 28.3 Å². The second-order valence-electron chi connectivity index (χ2n) is 5.85. The van der Waals surface area contributed by atoms with Crippen LogP contribution in [-0.2, 0) is 30.6 Å². The highest BCUT2D eigenvalue weighted by Crippen LogP contribution is 2.20. The number of nitrogens with zero attached hydrogens (tertiary/aromatic N) is 2. The molecule has 1 aliphatic rings. The maximum atomic E-state index is 12.6. The van der Waals surface area contributed by atoms with Gasteiger partial charge in [0.1, 0.15) is 6.54 Å². The fourth-order valence-electron chi connectivity index (χ4n) is 2.99. The van der Waals surface area contributed by atoms with Crippen molar-refractivity contribution in [2.45, 2.75) is 37.4 Å². The van der Waals surface area contributed by atoms with Crippen LogP contribution in [0.1, 0.15) is 23.2 Å². The number of aromatic nitrogens is 2. The van der Waals surface area contributed by atoms with Gasteiger partial charge >= 0.3 is 0 Å². The van der Waals surface area contributed by atoms with Gasteiger partial charge in [-0.15, -0.1) is 0 Å². The van der Waals surface area contributed by atoms with Crippen LogP contribution >= 0.6 is 11.8 Å². The molecule has 24 heavy (non-hydrogen) atoms. The molecular weight excluding hydrogens is 322 g/mol. The van der Waals surface area contributed by atoms with Crippen molar-refractivity contribution < 1.29 is 4.79 Å². The highest BCUT2D eigenvalue weighted by molar-refractivity contribution is 7.98. The predicted molar refractivity (Wildman–Crippen MR) is 95.5 cm³/mol. The van der Waals surface area contributed by atoms with E-state index in [0.717, 1.165) is 36.9 Å². The first-order chi connectivity index (χ1) is 11.7. The number of fused-ring (bicyclic) bond motifs is 1. The minimum Gasteiger partial charge on any atom is -0.354 e. The summed E-state index contributed by atoms with van der Waals surface area (Å²) in [7, 11) is 0. The number of carbonyl (C=O) groups is 1. The van der Waals surface area contributed by atoms with E-state index in [4.69, 9.17) is 0 Å². The number of benzene rings is 1. The largest absolute Gasteiger partial charge is 0.354 e. The summed E-state index contributed by atoms with van der Waals surface area (Å²) in [5, 5.41) is 3.51. The summed E-state index contributed by atoms with van der Waals surface area (Å²) in [6.07, 6.45) is 5.26. The lowest BCUT2D eigenvalue weighted by Gasteiger charge is -2.12. The van der Waals surface area contributed by atoms with Crippen LogP contribution < -0.4 is 10.9 Å². The molecular formula is C18H21N3O2S. The van der Waals surface area contributed by atoms with Crippen LogP contribution in [0.15, 0.2) is 40.3 Å². The molecule has 5 nitrogen and oxygen atoms in total. The van der Waals surface area contributed by atoms with Crippen LogP contribution in [0.3, 0.4) is 0 Å². The zero-order chi connectivity index (χ0) is 16.9. The monoisotopic (exact) mass is 343 g/mol. The number of thioether (sulfide) groups is 1. The molecule has 0 unspecified atom stereocenters. The zero-order valence-electron chi connectivity index (χ0n) is 13.7. The van der Waals surface area contributed by atoms with E-state index in [2.05, 4.69) is 10.3 Å². The van der Waals surface area contributed by atoms with E-state index >= 15 is 0 Å². The number of hydrogen-bond donors (Lipinski definition) is 1. The van der Waals surface area contributed by atoms with Crippen molar-refractivity contribution in [2.75, 3.05) is 12.8 Å². The average Bonchev–Trinajstić information content (AvgIpc) is 3.07. The molecule has 0 fully saturated rings. The Balaban J connectivity index is 1.65. The quantitative estimate of drug-likeness (QED) is 0.642. The second kappa shape index (κ2) is 7.66. The van der Waals surface area contributed by atoms with E-state index in [1.54, 1.807) is 0 Å². The lowest BCUT2D eigenvalue weighted by Crippen LogP contribution is -2.35. The van der Waals surface area contributed by atoms with Crippen molar-refractivity contribution in [2.24, 2.45) is 0 Å². The third-order valence-electron chi connectivity index (χ3n) is 4.22. The Hall–Kier alpha value is -2.08. The van der Waals surface area contributed by atoms with Crippen LogP contribution in [0.2, 0.25) is 0 Å². The molecule has 2 aromatic rings. The molecule has 0 spiro atoms. The molecule has 0 bridgehead atoms. The number of aryl methyl sites for hydroxylation is 1. The van der Waals surface area contributed by atoms with E-state index in [1.807, 2.05) is 36.6 Å². The Morgan fingerprint density at radius 3 is 2.83 bits per heavy atom. The number of carbonyl (C=O) groups excluding carboxylic acids is 1. The lowest BCUT2D eigenvalue weighted by molar-refractivity contribution is -0.121. The minimum absolute atomic E-state index is 0.0318. The molecule has 3 rings (SSSR count). The molecule has 126 valence electrons. The summed E-state index contributed by atoms with van der Waals surface area (Å²) in [6.45, 7) is 0.592. The van der Waals surface area contributed by atoms with Crippen molar-refractivity contribution in [1.82, 2.24) is 14.9 Å². The van der Waals surface area contributed by atoms with Crippen LogP contribution in [0.25, 0.3) is 0 Å². The van der Waals surface area contributed by atoms with Crippen LogP contribution in [0.4, 0.5) is 0 Å². The van der Waals surface area contributed by atoms with Crippen molar-refractivity contribution >= 4 is 17.7 Å². The van der Waals surface area contributed by atoms with Gasteiger partial charge in [0.05, 0.1) is 5.69 Å². The van der Waals surface area contributed by atoms with E-state index in [9.17, 15) is 9.59 Å². The molecule has 1 N–H and O–H groups in total. The van der Waals surface area contributed by atoms with E-state index in [1.165, 1.54) is 21.9 Å². The van der Waals surface area contributed by atoms with Gasteiger partial charge in [0, 0.05) is 12.1 Å². The van der Waals surface area contributed by atoms with Crippen molar-refractivity contribution in [3.05, 3.63) is 57.5 Å². The average molecular weight is 343 g/mol. The summed E-state index contributed by atoms with van der Waals surface area (Å²) < 4.78 is 1.51. The Labute approximate surface area is 145 Å². The van der Waals surface area contributed by atoms with E-state index < -0.39 is 0 Å². The first kappa shape index (κ1) is 16.8. The van der Waals surface area contributed by atoms with Gasteiger partial charge in [0.2, 0.25) is 5.91 Å². The van der Waals surface area contributed by atoms with Gasteiger partial charge in [0.25, 0.3) is 5.56 Å². The Morgan fingerprint density at radius 1 is 1.29 bits per heavy atom. The molecule has 1 heterocycles. The summed E-state index contributed by atoms with van der Waals surface area (Å²) in [5.41, 5.74) is 2.81. The summed E-state index contributed by atoms with van der Waals surface area (Å²) >= 11 is 1.41. The lowest BCUT2D eigenvalue weighted by atomic mass is 10.1. The second-order valence-corrected chi connectivity index (χ2v) is 6.63. The first-order valence-electron chi connectivity index (χ1n) is 8.16. The van der Waals surface area contributed by atoms with Crippen molar-refractivity contribution in [3.63, 3.8) is 0 Å². The fraction of sp³-hybridized carbons (Fsp3) is 0.389. The molecule has 1 aromatic heterocycles. The number of hydrogen-bond acceptors (Lipinski definition) is 4. The van der Waals surface area contributed by atoms with Gasteiger partial charge in [-0.3, -0.25) is 14.2 Å². The van der Waals surface area contributed by atoms with E-state index in [-0.39, 0.29) is 18.0 Å². The summed E-state index contributed by atoms with van der Waals surface area (Å²) in [5.74, 6) is -0.150. The topological polar surface area (TPSA) is 64.0 Å². The fourth-order valence-corrected chi connectivity index (χ4v) is 3.56. The maximum Gasteiger partial charge on any atom is 0.258 e. The molecule has 1 aliphatic carbocycles. The third-order valence-corrected chi connectivity index (χ3v) is 4.89. The van der Waals surface area contributed by atoms with Crippen molar-refractivity contribution in [1.29, 1.82) is 0 Å². The smallest absolute Gasteiger partial charge is 0.258 e. The third kappa shape index (κ3) is 3.70. The Kier molecular flexibility index (Phi) is 5.35. The minimum atomic E-state index is -0.150. The molecule has 6 heteroatoms. The van der Waals surface area contributed by atoms with Gasteiger partial charge in [-0.05, 0) is 37.5 Å². The van der Waals surface area contributed by atoms with Gasteiger partial charge in [-0.25, -0.2) is 4.98 Å². The SMILES string of the molecule is CSc1nc2c(c(=O)n1CC(=O)NCCc1ccccc1)CCC2. The van der Waals surface area contributed by atoms with E-state index in [0.29, 0.717) is 11.7 Å². The predicted octanol–water partition coefficient (Wildman–Crippen LogP) is 1.81. The Bertz CT molecular complexity index is 787. The highest BCUT2D eigenvalue weighted by atomic mass is 32.2. The molecule has 0 atom stereocenters. The number of amides is 1. The molecule has 0 saturated heterocycles. The number of rotatable bonds is 6. The Morgan fingerprint density at radius 2 is 2.08 bits per heavy atom. The molecule has 1 amide bonds. The summed E-state index contributed by atoms with van der Waals surface area (Å²) in [4.78, 5) is 29.4.